The monoisotopic (exact) mass is 334 g/mol. The molecule has 0 aromatic heterocycles. The van der Waals surface area contributed by atoms with Gasteiger partial charge in [-0.05, 0) is 24.6 Å². The lowest BCUT2D eigenvalue weighted by Gasteiger charge is -2.09. The average molecular weight is 334 g/mol. The maximum absolute atomic E-state index is 13.2. The third kappa shape index (κ3) is 7.48. The van der Waals surface area contributed by atoms with Gasteiger partial charge >= 0.3 is 12.1 Å². The first-order chi connectivity index (χ1) is 10.8. The lowest BCUT2D eigenvalue weighted by Crippen LogP contribution is -2.11. The van der Waals surface area contributed by atoms with E-state index < -0.39 is 29.1 Å². The van der Waals surface area contributed by atoms with Crippen molar-refractivity contribution in [2.75, 3.05) is 6.61 Å². The van der Waals surface area contributed by atoms with Crippen LogP contribution in [0.15, 0.2) is 18.2 Å². The molecule has 1 aromatic carbocycles. The molecule has 0 N–H and O–H groups in total. The van der Waals surface area contributed by atoms with E-state index in [4.69, 9.17) is 4.74 Å². The Labute approximate surface area is 133 Å². The van der Waals surface area contributed by atoms with E-state index in [1.165, 1.54) is 19.3 Å². The Hall–Kier alpha value is -1.59. The van der Waals surface area contributed by atoms with Crippen LogP contribution in [0.25, 0.3) is 0 Å². The summed E-state index contributed by atoms with van der Waals surface area (Å²) in [5, 5.41) is 0. The van der Waals surface area contributed by atoms with Crippen molar-refractivity contribution in [3.05, 3.63) is 35.1 Å². The number of hydrogen-bond acceptors (Lipinski definition) is 2. The fourth-order valence-corrected chi connectivity index (χ4v) is 2.18. The van der Waals surface area contributed by atoms with Gasteiger partial charge in [-0.15, -0.1) is 0 Å². The number of rotatable bonds is 9. The van der Waals surface area contributed by atoms with Gasteiger partial charge in [0.1, 0.15) is 5.82 Å². The zero-order valence-corrected chi connectivity index (χ0v) is 13.2. The number of alkyl halides is 3. The number of carbonyl (C=O) groups is 1. The van der Waals surface area contributed by atoms with Crippen molar-refractivity contribution in [2.24, 2.45) is 0 Å². The molecule has 1 aromatic rings. The first kappa shape index (κ1) is 19.5. The smallest absolute Gasteiger partial charge is 0.416 e. The van der Waals surface area contributed by atoms with Crippen molar-refractivity contribution < 1.29 is 27.1 Å². The van der Waals surface area contributed by atoms with E-state index in [-0.39, 0.29) is 6.61 Å². The van der Waals surface area contributed by atoms with Crippen molar-refractivity contribution in [1.29, 1.82) is 0 Å². The molecular formula is C17H22F4O2. The summed E-state index contributed by atoms with van der Waals surface area (Å²) in [6.07, 6.45) is 2.57. The molecule has 0 spiro atoms. The highest BCUT2D eigenvalue weighted by molar-refractivity contribution is 5.89. The first-order valence-electron chi connectivity index (χ1n) is 7.89. The van der Waals surface area contributed by atoms with Crippen molar-refractivity contribution in [3.8, 4) is 0 Å². The number of carbonyl (C=O) groups excluding carboxylic acids is 1. The molecule has 1 rings (SSSR count). The fraction of sp³-hybridized carbons (Fsp3) is 0.588. The summed E-state index contributed by atoms with van der Waals surface area (Å²) in [5.41, 5.74) is -1.61. The molecule has 0 unspecified atom stereocenters. The molecule has 0 amide bonds. The second-order valence-electron chi connectivity index (χ2n) is 5.48. The minimum atomic E-state index is -4.70. The predicted molar refractivity (Wildman–Crippen MR) is 79.7 cm³/mol. The maximum Gasteiger partial charge on any atom is 0.416 e. The Morgan fingerprint density at radius 3 is 2.22 bits per heavy atom. The topological polar surface area (TPSA) is 26.3 Å². The Balaban J connectivity index is 2.39. The molecule has 2 nitrogen and oxygen atoms in total. The van der Waals surface area contributed by atoms with Gasteiger partial charge in [-0.25, -0.2) is 9.18 Å². The van der Waals surface area contributed by atoms with Crippen LogP contribution < -0.4 is 0 Å². The van der Waals surface area contributed by atoms with Crippen LogP contribution in [0.4, 0.5) is 17.6 Å². The highest BCUT2D eigenvalue weighted by Gasteiger charge is 2.32. The summed E-state index contributed by atoms with van der Waals surface area (Å²) in [4.78, 5) is 11.7. The second-order valence-corrected chi connectivity index (χ2v) is 5.48. The summed E-state index contributed by atoms with van der Waals surface area (Å²) < 4.78 is 55.8. The van der Waals surface area contributed by atoms with Crippen LogP contribution in [0.2, 0.25) is 0 Å². The molecule has 0 saturated carbocycles. The highest BCUT2D eigenvalue weighted by atomic mass is 19.4. The minimum Gasteiger partial charge on any atom is -0.462 e. The quantitative estimate of drug-likeness (QED) is 0.326. The second kappa shape index (κ2) is 9.53. The van der Waals surface area contributed by atoms with Crippen molar-refractivity contribution in [3.63, 3.8) is 0 Å². The van der Waals surface area contributed by atoms with Gasteiger partial charge in [0.15, 0.2) is 0 Å². The van der Waals surface area contributed by atoms with E-state index in [9.17, 15) is 22.4 Å². The summed E-state index contributed by atoms with van der Waals surface area (Å²) in [7, 11) is 0. The van der Waals surface area contributed by atoms with Crippen LogP contribution >= 0.6 is 0 Å². The molecule has 23 heavy (non-hydrogen) atoms. The van der Waals surface area contributed by atoms with Gasteiger partial charge in [0.2, 0.25) is 0 Å². The molecule has 0 atom stereocenters. The van der Waals surface area contributed by atoms with E-state index in [0.717, 1.165) is 25.3 Å². The molecule has 0 aliphatic heterocycles. The molecular weight excluding hydrogens is 312 g/mol. The summed E-state index contributed by atoms with van der Waals surface area (Å²) >= 11 is 0. The lowest BCUT2D eigenvalue weighted by molar-refractivity contribution is -0.137. The van der Waals surface area contributed by atoms with Crippen molar-refractivity contribution in [1.82, 2.24) is 0 Å². The molecule has 0 saturated heterocycles. The molecule has 0 radical (unpaired) electrons. The SMILES string of the molecule is CCCCCCCCCOC(=O)c1cc(F)cc(C(F)(F)F)c1. The van der Waals surface area contributed by atoms with E-state index in [2.05, 4.69) is 6.92 Å². The van der Waals surface area contributed by atoms with E-state index >= 15 is 0 Å². The Morgan fingerprint density at radius 1 is 1.00 bits per heavy atom. The fourth-order valence-electron chi connectivity index (χ4n) is 2.18. The molecule has 0 bridgehead atoms. The number of unbranched alkanes of at least 4 members (excludes halogenated alkanes) is 6. The van der Waals surface area contributed by atoms with Gasteiger partial charge < -0.3 is 4.74 Å². The van der Waals surface area contributed by atoms with Gasteiger partial charge in [0.25, 0.3) is 0 Å². The predicted octanol–water partition coefficient (Wildman–Crippen LogP) is 5.75. The largest absolute Gasteiger partial charge is 0.462 e. The maximum atomic E-state index is 13.2. The molecule has 6 heteroatoms. The third-order valence-corrected chi connectivity index (χ3v) is 3.44. The van der Waals surface area contributed by atoms with E-state index in [1.54, 1.807) is 0 Å². The number of esters is 1. The van der Waals surface area contributed by atoms with Crippen LogP contribution in [-0.4, -0.2) is 12.6 Å². The van der Waals surface area contributed by atoms with Gasteiger partial charge in [0.05, 0.1) is 17.7 Å². The molecule has 0 heterocycles. The average Bonchev–Trinajstić information content (AvgIpc) is 2.48. The summed E-state index contributed by atoms with van der Waals surface area (Å²) in [5.74, 6) is -2.04. The Kier molecular flexibility index (Phi) is 8.06. The lowest BCUT2D eigenvalue weighted by atomic mass is 10.1. The van der Waals surface area contributed by atoms with Gasteiger partial charge in [-0.1, -0.05) is 45.4 Å². The van der Waals surface area contributed by atoms with E-state index in [1.807, 2.05) is 0 Å². The van der Waals surface area contributed by atoms with E-state index in [0.29, 0.717) is 18.6 Å². The molecule has 0 aliphatic rings. The molecule has 0 aliphatic carbocycles. The third-order valence-electron chi connectivity index (χ3n) is 3.44. The summed E-state index contributed by atoms with van der Waals surface area (Å²) in [6, 6.07) is 1.71. The van der Waals surface area contributed by atoms with Crippen LogP contribution in [0, 0.1) is 5.82 Å². The summed E-state index contributed by atoms with van der Waals surface area (Å²) in [6.45, 7) is 2.26. The van der Waals surface area contributed by atoms with Crippen molar-refractivity contribution in [2.45, 2.75) is 58.0 Å². The number of hydrogen-bond donors (Lipinski definition) is 0. The standard InChI is InChI=1S/C17H22F4O2/c1-2-3-4-5-6-7-8-9-23-16(22)13-10-14(17(19,20)21)12-15(18)11-13/h10-12H,2-9H2,1H3. The van der Waals surface area contributed by atoms with Gasteiger partial charge in [-0.2, -0.15) is 13.2 Å². The van der Waals surface area contributed by atoms with Gasteiger partial charge in [0, 0.05) is 0 Å². The Morgan fingerprint density at radius 2 is 1.61 bits per heavy atom. The Bertz CT molecular complexity index is 498. The number of ether oxygens (including phenoxy) is 1. The van der Waals surface area contributed by atoms with Crippen LogP contribution in [-0.2, 0) is 10.9 Å². The first-order valence-corrected chi connectivity index (χ1v) is 7.89. The minimum absolute atomic E-state index is 0.129. The molecule has 0 fully saturated rings. The zero-order chi connectivity index (χ0) is 17.3. The molecule has 130 valence electrons. The van der Waals surface area contributed by atoms with Crippen molar-refractivity contribution >= 4 is 5.97 Å². The zero-order valence-electron chi connectivity index (χ0n) is 13.2. The number of benzene rings is 1. The van der Waals surface area contributed by atoms with Gasteiger partial charge in [-0.3, -0.25) is 0 Å². The normalized spacial score (nSPS) is 11.5. The number of halogens is 4. The van der Waals surface area contributed by atoms with Crippen LogP contribution in [0.5, 0.6) is 0 Å². The highest BCUT2D eigenvalue weighted by Crippen LogP contribution is 2.30. The van der Waals surface area contributed by atoms with Crippen LogP contribution in [0.1, 0.15) is 67.8 Å². The van der Waals surface area contributed by atoms with Crippen LogP contribution in [0.3, 0.4) is 0 Å².